The van der Waals surface area contributed by atoms with Gasteiger partial charge in [0, 0.05) is 17.6 Å². The molecular weight excluding hydrogens is 268 g/mol. The smallest absolute Gasteiger partial charge is 0.140 e. The van der Waals surface area contributed by atoms with Crippen molar-refractivity contribution in [3.05, 3.63) is 46.4 Å². The number of hydrogen-bond acceptors (Lipinski definition) is 4. The predicted molar refractivity (Wildman–Crippen MR) is 84.3 cm³/mol. The zero-order valence-electron chi connectivity index (χ0n) is 12.1. The molecule has 3 nitrogen and oxygen atoms in total. The molecule has 0 bridgehead atoms. The van der Waals surface area contributed by atoms with Gasteiger partial charge in [0.2, 0.25) is 0 Å². The van der Waals surface area contributed by atoms with Crippen LogP contribution in [-0.2, 0) is 13.0 Å². The molecule has 1 heterocycles. The van der Waals surface area contributed by atoms with Crippen LogP contribution < -0.4 is 10.1 Å². The van der Waals surface area contributed by atoms with Gasteiger partial charge in [-0.1, -0.05) is 19.1 Å². The van der Waals surface area contributed by atoms with E-state index in [0.29, 0.717) is 12.6 Å². The Morgan fingerprint density at radius 1 is 1.30 bits per heavy atom. The Kier molecular flexibility index (Phi) is 6.02. The standard InChI is InChI=1S/C16H22N2OS/c1-3-17-13(2)4-5-14-6-8-15(9-7-14)19-12-16-18-10-11-20-16/h6-11,13,17H,3-5,12H2,1-2H3. The zero-order valence-corrected chi connectivity index (χ0v) is 13.0. The minimum atomic E-state index is 0.550. The number of aryl methyl sites for hydroxylation is 1. The van der Waals surface area contributed by atoms with Gasteiger partial charge in [-0.2, -0.15) is 0 Å². The molecular formula is C16H22N2OS. The van der Waals surface area contributed by atoms with Crippen molar-refractivity contribution in [2.24, 2.45) is 0 Å². The summed E-state index contributed by atoms with van der Waals surface area (Å²) in [6.07, 6.45) is 4.06. The van der Waals surface area contributed by atoms with E-state index in [0.717, 1.165) is 30.1 Å². The van der Waals surface area contributed by atoms with E-state index in [1.807, 2.05) is 17.5 Å². The molecule has 0 aliphatic rings. The molecule has 0 amide bonds. The highest BCUT2D eigenvalue weighted by Crippen LogP contribution is 2.16. The van der Waals surface area contributed by atoms with Crippen molar-refractivity contribution in [1.82, 2.24) is 10.3 Å². The Morgan fingerprint density at radius 3 is 2.75 bits per heavy atom. The van der Waals surface area contributed by atoms with Crippen LogP contribution >= 0.6 is 11.3 Å². The van der Waals surface area contributed by atoms with E-state index in [-0.39, 0.29) is 0 Å². The second-order valence-corrected chi connectivity index (χ2v) is 5.83. The van der Waals surface area contributed by atoms with Crippen molar-refractivity contribution in [2.45, 2.75) is 39.3 Å². The number of nitrogens with one attached hydrogen (secondary N) is 1. The fourth-order valence-electron chi connectivity index (χ4n) is 2.06. The highest BCUT2D eigenvalue weighted by atomic mass is 32.1. The Morgan fingerprint density at radius 2 is 2.10 bits per heavy atom. The maximum Gasteiger partial charge on any atom is 0.140 e. The van der Waals surface area contributed by atoms with Gasteiger partial charge in [-0.3, -0.25) is 0 Å². The first-order valence-electron chi connectivity index (χ1n) is 7.11. The summed E-state index contributed by atoms with van der Waals surface area (Å²) in [6, 6.07) is 8.95. The Labute approximate surface area is 125 Å². The Hall–Kier alpha value is -1.39. The fraction of sp³-hybridized carbons (Fsp3) is 0.438. The molecule has 1 aromatic heterocycles. The van der Waals surface area contributed by atoms with Gasteiger partial charge < -0.3 is 10.1 Å². The van der Waals surface area contributed by atoms with Crippen LogP contribution in [0.4, 0.5) is 0 Å². The molecule has 0 aliphatic carbocycles. The van der Waals surface area contributed by atoms with Crippen molar-refractivity contribution in [2.75, 3.05) is 6.54 Å². The number of rotatable bonds is 8. The number of ether oxygens (including phenoxy) is 1. The van der Waals surface area contributed by atoms with E-state index in [4.69, 9.17) is 4.74 Å². The van der Waals surface area contributed by atoms with Crippen LogP contribution in [0.15, 0.2) is 35.8 Å². The number of hydrogen-bond donors (Lipinski definition) is 1. The summed E-state index contributed by atoms with van der Waals surface area (Å²) < 4.78 is 5.71. The molecule has 1 atom stereocenters. The van der Waals surface area contributed by atoms with Crippen LogP contribution in [0.3, 0.4) is 0 Å². The third-order valence-corrected chi connectivity index (χ3v) is 3.94. The number of benzene rings is 1. The van der Waals surface area contributed by atoms with E-state index in [1.165, 1.54) is 5.56 Å². The monoisotopic (exact) mass is 290 g/mol. The molecule has 108 valence electrons. The SMILES string of the molecule is CCNC(C)CCc1ccc(OCc2nccs2)cc1. The average Bonchev–Trinajstić information content (AvgIpc) is 2.98. The molecule has 0 radical (unpaired) electrons. The van der Waals surface area contributed by atoms with Crippen LogP contribution in [-0.4, -0.2) is 17.6 Å². The first-order chi connectivity index (χ1) is 9.78. The van der Waals surface area contributed by atoms with Crippen LogP contribution in [0.5, 0.6) is 5.75 Å². The molecule has 0 spiro atoms. The molecule has 0 saturated carbocycles. The van der Waals surface area contributed by atoms with E-state index in [9.17, 15) is 0 Å². The quantitative estimate of drug-likeness (QED) is 0.805. The molecule has 1 N–H and O–H groups in total. The number of nitrogens with zero attached hydrogens (tertiary/aromatic N) is 1. The molecule has 4 heteroatoms. The van der Waals surface area contributed by atoms with Crippen LogP contribution in [0, 0.1) is 0 Å². The molecule has 20 heavy (non-hydrogen) atoms. The van der Waals surface area contributed by atoms with Crippen molar-refractivity contribution in [1.29, 1.82) is 0 Å². The van der Waals surface area contributed by atoms with Gasteiger partial charge in [-0.05, 0) is 44.0 Å². The van der Waals surface area contributed by atoms with Crippen molar-refractivity contribution < 1.29 is 4.74 Å². The van der Waals surface area contributed by atoms with E-state index >= 15 is 0 Å². The van der Waals surface area contributed by atoms with E-state index in [2.05, 4.69) is 36.3 Å². The summed E-state index contributed by atoms with van der Waals surface area (Å²) in [7, 11) is 0. The Bertz CT molecular complexity index is 482. The molecule has 2 rings (SSSR count). The molecule has 0 fully saturated rings. The molecule has 1 aromatic carbocycles. The number of thiazole rings is 1. The summed E-state index contributed by atoms with van der Waals surface area (Å²) in [4.78, 5) is 4.20. The summed E-state index contributed by atoms with van der Waals surface area (Å²) in [5, 5.41) is 6.41. The summed E-state index contributed by atoms with van der Waals surface area (Å²) >= 11 is 1.62. The van der Waals surface area contributed by atoms with Crippen LogP contribution in [0.25, 0.3) is 0 Å². The van der Waals surface area contributed by atoms with Crippen molar-refractivity contribution in [3.63, 3.8) is 0 Å². The van der Waals surface area contributed by atoms with Gasteiger partial charge in [-0.15, -0.1) is 11.3 Å². The van der Waals surface area contributed by atoms with Crippen molar-refractivity contribution >= 4 is 11.3 Å². The molecule has 0 aliphatic heterocycles. The van der Waals surface area contributed by atoms with Gasteiger partial charge in [0.1, 0.15) is 17.4 Å². The third kappa shape index (κ3) is 4.94. The lowest BCUT2D eigenvalue weighted by molar-refractivity contribution is 0.305. The van der Waals surface area contributed by atoms with Gasteiger partial charge >= 0.3 is 0 Å². The third-order valence-electron chi connectivity index (χ3n) is 3.19. The predicted octanol–water partition coefficient (Wildman–Crippen LogP) is 3.65. The lowest BCUT2D eigenvalue weighted by atomic mass is 10.1. The van der Waals surface area contributed by atoms with Gasteiger partial charge in [0.25, 0.3) is 0 Å². The highest BCUT2D eigenvalue weighted by molar-refractivity contribution is 7.09. The summed E-state index contributed by atoms with van der Waals surface area (Å²) in [5.74, 6) is 0.906. The van der Waals surface area contributed by atoms with Crippen LogP contribution in [0.2, 0.25) is 0 Å². The van der Waals surface area contributed by atoms with Gasteiger partial charge in [-0.25, -0.2) is 4.98 Å². The minimum Gasteiger partial charge on any atom is -0.486 e. The maximum atomic E-state index is 5.71. The lowest BCUT2D eigenvalue weighted by Crippen LogP contribution is -2.25. The second kappa shape index (κ2) is 8.02. The second-order valence-electron chi connectivity index (χ2n) is 4.86. The Balaban J connectivity index is 1.77. The molecule has 1 unspecified atom stereocenters. The first-order valence-corrected chi connectivity index (χ1v) is 7.99. The average molecular weight is 290 g/mol. The van der Waals surface area contributed by atoms with Crippen molar-refractivity contribution in [3.8, 4) is 5.75 Å². The highest BCUT2D eigenvalue weighted by Gasteiger charge is 2.02. The largest absolute Gasteiger partial charge is 0.486 e. The van der Waals surface area contributed by atoms with E-state index < -0.39 is 0 Å². The number of aromatic nitrogens is 1. The summed E-state index contributed by atoms with van der Waals surface area (Å²) in [5.41, 5.74) is 1.36. The zero-order chi connectivity index (χ0) is 14.2. The maximum absolute atomic E-state index is 5.71. The molecule has 2 aromatic rings. The normalized spacial score (nSPS) is 12.3. The fourth-order valence-corrected chi connectivity index (χ4v) is 2.58. The van der Waals surface area contributed by atoms with E-state index in [1.54, 1.807) is 17.5 Å². The topological polar surface area (TPSA) is 34.1 Å². The van der Waals surface area contributed by atoms with Gasteiger partial charge in [0.05, 0.1) is 0 Å². The van der Waals surface area contributed by atoms with Gasteiger partial charge in [0.15, 0.2) is 0 Å². The first kappa shape index (κ1) is 15.0. The molecule has 0 saturated heterocycles. The lowest BCUT2D eigenvalue weighted by Gasteiger charge is -2.12. The summed E-state index contributed by atoms with van der Waals surface area (Å²) in [6.45, 7) is 5.96. The minimum absolute atomic E-state index is 0.550. The van der Waals surface area contributed by atoms with Crippen LogP contribution in [0.1, 0.15) is 30.8 Å².